The molecule has 0 spiro atoms. The molecule has 1 aliphatic heterocycles. The minimum Gasteiger partial charge on any atom is -0.481 e. The van der Waals surface area contributed by atoms with Crippen LogP contribution < -0.4 is 20.3 Å². The molecule has 2 N–H and O–H groups in total. The van der Waals surface area contributed by atoms with Gasteiger partial charge in [0.1, 0.15) is 0 Å². The fourth-order valence-electron chi connectivity index (χ4n) is 2.44. The quantitative estimate of drug-likeness (QED) is 0.733. The second kappa shape index (κ2) is 8.39. The predicted molar refractivity (Wildman–Crippen MR) is 103 cm³/mol. The van der Waals surface area contributed by atoms with Crippen LogP contribution in [0.2, 0.25) is 0 Å². The molecule has 2 aromatic heterocycles. The molecule has 0 aliphatic carbocycles. The lowest BCUT2D eigenvalue weighted by atomic mass is 10.4. The normalized spacial score (nSPS) is 15.5. The largest absolute Gasteiger partial charge is 0.481 e. The van der Waals surface area contributed by atoms with Crippen LogP contribution in [0.25, 0.3) is 0 Å². The van der Waals surface area contributed by atoms with Gasteiger partial charge in [-0.2, -0.15) is 15.0 Å². The second-order valence-electron chi connectivity index (χ2n) is 5.59. The number of anilines is 3. The fourth-order valence-corrected chi connectivity index (χ4v) is 2.69. The highest BCUT2D eigenvalue weighted by Gasteiger charge is 2.29. The van der Waals surface area contributed by atoms with Crippen molar-refractivity contribution in [3.8, 4) is 5.88 Å². The maximum Gasteiger partial charge on any atom is 0.250 e. The first-order valence-corrected chi connectivity index (χ1v) is 9.15. The average Bonchev–Trinajstić information content (AvgIpc) is 2.91. The van der Waals surface area contributed by atoms with Gasteiger partial charge in [0.25, 0.3) is 0 Å². The third-order valence-electron chi connectivity index (χ3n) is 3.70. The lowest BCUT2D eigenvalue weighted by Gasteiger charge is -2.22. The van der Waals surface area contributed by atoms with Gasteiger partial charge >= 0.3 is 0 Å². The van der Waals surface area contributed by atoms with Gasteiger partial charge in [0.2, 0.25) is 21.6 Å². The summed E-state index contributed by atoms with van der Waals surface area (Å²) in [5.41, 5.74) is 0.677. The highest BCUT2D eigenvalue weighted by Crippen LogP contribution is 2.37. The Balaban J connectivity index is 1.90. The average molecular weight is 419 g/mol. The molecule has 0 radical (unpaired) electrons. The van der Waals surface area contributed by atoms with Crippen molar-refractivity contribution >= 4 is 52.4 Å². The molecule has 0 saturated carbocycles. The van der Waals surface area contributed by atoms with E-state index in [2.05, 4.69) is 30.6 Å². The van der Waals surface area contributed by atoms with Crippen LogP contribution in [-0.4, -0.2) is 53.2 Å². The topological polar surface area (TPSA) is 88.1 Å². The lowest BCUT2D eigenvalue weighted by molar-refractivity contribution is 0.398. The van der Waals surface area contributed by atoms with E-state index in [1.807, 2.05) is 4.90 Å². The zero-order valence-corrected chi connectivity index (χ0v) is 16.3. The SMILES string of the molecule is COc1ccc(Nc2nc(N3CCCNCC3)nc(C(Cl)(Cl)Cl)n2)cn1. The van der Waals surface area contributed by atoms with Gasteiger partial charge in [-0.3, -0.25) is 0 Å². The van der Waals surface area contributed by atoms with E-state index in [4.69, 9.17) is 39.5 Å². The van der Waals surface area contributed by atoms with Crippen molar-refractivity contribution < 1.29 is 4.74 Å². The smallest absolute Gasteiger partial charge is 0.250 e. The van der Waals surface area contributed by atoms with Gasteiger partial charge in [0.15, 0.2) is 5.82 Å². The summed E-state index contributed by atoms with van der Waals surface area (Å²) in [5.74, 6) is 1.31. The number of pyridine rings is 1. The Morgan fingerprint density at radius 1 is 1.15 bits per heavy atom. The Morgan fingerprint density at radius 3 is 2.69 bits per heavy atom. The van der Waals surface area contributed by atoms with E-state index >= 15 is 0 Å². The molecular weight excluding hydrogens is 401 g/mol. The number of methoxy groups -OCH3 is 1. The van der Waals surface area contributed by atoms with Crippen molar-refractivity contribution in [2.75, 3.05) is 43.5 Å². The lowest BCUT2D eigenvalue weighted by Crippen LogP contribution is -2.30. The van der Waals surface area contributed by atoms with Gasteiger partial charge in [0, 0.05) is 25.7 Å². The molecule has 26 heavy (non-hydrogen) atoms. The molecule has 140 valence electrons. The molecular formula is C15H18Cl3N7O. The third kappa shape index (κ3) is 4.97. The monoisotopic (exact) mass is 417 g/mol. The number of aromatic nitrogens is 4. The van der Waals surface area contributed by atoms with Gasteiger partial charge in [0.05, 0.1) is 19.0 Å². The third-order valence-corrected chi connectivity index (χ3v) is 4.21. The maximum atomic E-state index is 6.01. The maximum absolute atomic E-state index is 6.01. The molecule has 8 nitrogen and oxygen atoms in total. The second-order valence-corrected chi connectivity index (χ2v) is 7.87. The number of ether oxygens (including phenoxy) is 1. The van der Waals surface area contributed by atoms with Crippen molar-refractivity contribution in [2.24, 2.45) is 0 Å². The highest BCUT2D eigenvalue weighted by atomic mass is 35.6. The standard InChI is InChI=1S/C15H18Cl3N7O/c1-26-11-4-3-10(9-20-11)21-13-22-12(15(16,17)18)23-14(24-13)25-7-2-5-19-6-8-25/h3-4,9,19H,2,5-8H2,1H3,(H,21,22,23,24). The first-order valence-electron chi connectivity index (χ1n) is 8.02. The van der Waals surface area contributed by atoms with Crippen molar-refractivity contribution in [3.63, 3.8) is 0 Å². The highest BCUT2D eigenvalue weighted by molar-refractivity contribution is 6.66. The summed E-state index contributed by atoms with van der Waals surface area (Å²) in [7, 11) is 1.55. The van der Waals surface area contributed by atoms with Crippen molar-refractivity contribution in [1.29, 1.82) is 0 Å². The van der Waals surface area contributed by atoms with Crippen LogP contribution in [0, 0.1) is 0 Å². The van der Waals surface area contributed by atoms with E-state index in [1.165, 1.54) is 0 Å². The summed E-state index contributed by atoms with van der Waals surface area (Å²) in [4.78, 5) is 19.2. The number of nitrogens with one attached hydrogen (secondary N) is 2. The van der Waals surface area contributed by atoms with Crippen molar-refractivity contribution in [3.05, 3.63) is 24.2 Å². The van der Waals surface area contributed by atoms with Crippen LogP contribution in [0.15, 0.2) is 18.3 Å². The van der Waals surface area contributed by atoms with Gasteiger partial charge in [-0.25, -0.2) is 4.98 Å². The van der Waals surface area contributed by atoms with Crippen molar-refractivity contribution in [1.82, 2.24) is 25.3 Å². The summed E-state index contributed by atoms with van der Waals surface area (Å²) in [6.07, 6.45) is 2.58. The van der Waals surface area contributed by atoms with Crippen LogP contribution in [0.1, 0.15) is 12.2 Å². The molecule has 1 aliphatic rings. The van der Waals surface area contributed by atoms with Gasteiger partial charge in [-0.1, -0.05) is 34.8 Å². The Morgan fingerprint density at radius 2 is 2.00 bits per heavy atom. The van der Waals surface area contributed by atoms with Gasteiger partial charge in [-0.05, 0) is 19.0 Å². The number of halogens is 3. The first-order chi connectivity index (χ1) is 12.5. The summed E-state index contributed by atoms with van der Waals surface area (Å²) in [5, 5.41) is 6.39. The number of hydrogen-bond donors (Lipinski definition) is 2. The van der Waals surface area contributed by atoms with Crippen LogP contribution >= 0.6 is 34.8 Å². The summed E-state index contributed by atoms with van der Waals surface area (Å²) in [6.45, 7) is 3.34. The zero-order chi connectivity index (χ0) is 18.6. The molecule has 0 aromatic carbocycles. The van der Waals surface area contributed by atoms with E-state index in [-0.39, 0.29) is 11.8 Å². The molecule has 2 aromatic rings. The van der Waals surface area contributed by atoms with E-state index in [0.29, 0.717) is 17.5 Å². The molecule has 0 amide bonds. The Kier molecular flexibility index (Phi) is 6.18. The molecule has 1 fully saturated rings. The van der Waals surface area contributed by atoms with E-state index in [9.17, 15) is 0 Å². The van der Waals surface area contributed by atoms with Crippen LogP contribution in [0.3, 0.4) is 0 Å². The number of rotatable bonds is 4. The summed E-state index contributed by atoms with van der Waals surface area (Å²) < 4.78 is 3.29. The molecule has 3 heterocycles. The number of nitrogens with zero attached hydrogens (tertiary/aromatic N) is 5. The molecule has 1 saturated heterocycles. The predicted octanol–water partition coefficient (Wildman–Crippen LogP) is 2.65. The molecule has 3 rings (SSSR count). The zero-order valence-electron chi connectivity index (χ0n) is 14.0. The van der Waals surface area contributed by atoms with E-state index in [0.717, 1.165) is 32.6 Å². The minimum atomic E-state index is -1.75. The van der Waals surface area contributed by atoms with Crippen molar-refractivity contribution in [2.45, 2.75) is 10.2 Å². The number of alkyl halides is 3. The van der Waals surface area contributed by atoms with Crippen LogP contribution in [0.5, 0.6) is 5.88 Å². The molecule has 0 unspecified atom stereocenters. The van der Waals surface area contributed by atoms with Crippen LogP contribution in [0.4, 0.5) is 17.6 Å². The minimum absolute atomic E-state index is 0.0636. The first kappa shape index (κ1) is 19.2. The fraction of sp³-hybridized carbons (Fsp3) is 0.467. The van der Waals surface area contributed by atoms with Gasteiger partial charge in [-0.15, -0.1) is 0 Å². The summed E-state index contributed by atoms with van der Waals surface area (Å²) in [6, 6.07) is 3.51. The summed E-state index contributed by atoms with van der Waals surface area (Å²) >= 11 is 18.0. The molecule has 0 atom stereocenters. The van der Waals surface area contributed by atoms with Gasteiger partial charge < -0.3 is 20.3 Å². The van der Waals surface area contributed by atoms with E-state index in [1.54, 1.807) is 25.4 Å². The Labute approximate surface area is 166 Å². The Hall–Kier alpha value is -1.61. The Bertz CT molecular complexity index is 731. The van der Waals surface area contributed by atoms with E-state index < -0.39 is 3.79 Å². The van der Waals surface area contributed by atoms with Crippen LogP contribution in [-0.2, 0) is 3.79 Å². The number of hydrogen-bond acceptors (Lipinski definition) is 8. The molecule has 11 heteroatoms. The molecule has 0 bridgehead atoms.